The van der Waals surface area contributed by atoms with E-state index in [-0.39, 0.29) is 5.60 Å². The van der Waals surface area contributed by atoms with Gasteiger partial charge >= 0.3 is 0 Å². The van der Waals surface area contributed by atoms with Gasteiger partial charge in [-0.15, -0.1) is 0 Å². The molecule has 0 bridgehead atoms. The fourth-order valence-corrected chi connectivity index (χ4v) is 3.29. The van der Waals surface area contributed by atoms with Crippen LogP contribution in [0.5, 0.6) is 0 Å². The Balaban J connectivity index is 1.95. The number of hydrogen-bond acceptors (Lipinski definition) is 2. The molecule has 106 valence electrons. The maximum Gasteiger partial charge on any atom is 0.0823 e. The van der Waals surface area contributed by atoms with E-state index < -0.39 is 6.10 Å². The molecular weight excluding hydrogens is 248 g/mol. The highest BCUT2D eigenvalue weighted by Crippen LogP contribution is 2.42. The second kappa shape index (κ2) is 5.19. The average molecular weight is 270 g/mol. The molecule has 2 heteroatoms. The lowest BCUT2D eigenvalue weighted by molar-refractivity contribution is -0.0997. The Morgan fingerprint density at radius 2 is 1.85 bits per heavy atom. The van der Waals surface area contributed by atoms with Crippen LogP contribution in [0, 0.1) is 6.92 Å². The van der Waals surface area contributed by atoms with Crippen molar-refractivity contribution in [2.75, 3.05) is 7.11 Å². The van der Waals surface area contributed by atoms with Crippen LogP contribution in [0.3, 0.4) is 0 Å². The van der Waals surface area contributed by atoms with Crippen LogP contribution in [0.1, 0.15) is 42.9 Å². The van der Waals surface area contributed by atoms with E-state index in [1.807, 2.05) is 12.1 Å². The van der Waals surface area contributed by atoms with Crippen LogP contribution in [0.15, 0.2) is 36.4 Å². The lowest BCUT2D eigenvalue weighted by Crippen LogP contribution is -2.40. The molecule has 1 fully saturated rings. The average Bonchev–Trinajstić information content (AvgIpc) is 2.43. The van der Waals surface area contributed by atoms with Gasteiger partial charge in [0.2, 0.25) is 0 Å². The lowest BCUT2D eigenvalue weighted by atomic mass is 9.75. The van der Waals surface area contributed by atoms with E-state index in [2.05, 4.69) is 31.2 Å². The zero-order valence-corrected chi connectivity index (χ0v) is 12.2. The van der Waals surface area contributed by atoms with Gasteiger partial charge in [0, 0.05) is 13.5 Å². The number of aryl methyl sites for hydroxylation is 1. The molecule has 0 aromatic heterocycles. The zero-order valence-electron chi connectivity index (χ0n) is 12.2. The standard InChI is InChI=1S/C18H22O2/c1-13-8-9-16(15-7-4-3-6-14(13)15)17(19)12-18(20-2)10-5-11-18/h3-4,6-9,17,19H,5,10-12H2,1-2H3. The van der Waals surface area contributed by atoms with Crippen molar-refractivity contribution in [1.29, 1.82) is 0 Å². The van der Waals surface area contributed by atoms with Crippen molar-refractivity contribution in [3.8, 4) is 0 Å². The summed E-state index contributed by atoms with van der Waals surface area (Å²) in [5.41, 5.74) is 2.17. The Bertz CT molecular complexity index is 608. The summed E-state index contributed by atoms with van der Waals surface area (Å²) in [6, 6.07) is 12.5. The van der Waals surface area contributed by atoms with Crippen molar-refractivity contribution < 1.29 is 9.84 Å². The molecule has 0 heterocycles. The normalized spacial score (nSPS) is 18.8. The van der Waals surface area contributed by atoms with Crippen molar-refractivity contribution in [3.63, 3.8) is 0 Å². The summed E-state index contributed by atoms with van der Waals surface area (Å²) in [6.07, 6.45) is 3.56. The molecule has 1 saturated carbocycles. The molecule has 0 aliphatic heterocycles. The number of fused-ring (bicyclic) bond motifs is 1. The molecule has 1 aliphatic rings. The monoisotopic (exact) mass is 270 g/mol. The topological polar surface area (TPSA) is 29.5 Å². The van der Waals surface area contributed by atoms with Gasteiger partial charge in [-0.25, -0.2) is 0 Å². The van der Waals surface area contributed by atoms with Gasteiger partial charge in [-0.1, -0.05) is 36.4 Å². The molecule has 0 spiro atoms. The molecule has 2 aromatic rings. The van der Waals surface area contributed by atoms with Gasteiger partial charge in [-0.05, 0) is 48.1 Å². The van der Waals surface area contributed by atoms with Crippen LogP contribution in [0.4, 0.5) is 0 Å². The molecule has 3 rings (SSSR count). The van der Waals surface area contributed by atoms with E-state index in [9.17, 15) is 5.11 Å². The van der Waals surface area contributed by atoms with Crippen molar-refractivity contribution >= 4 is 10.8 Å². The first-order valence-electron chi connectivity index (χ1n) is 7.37. The van der Waals surface area contributed by atoms with E-state index >= 15 is 0 Å². The van der Waals surface area contributed by atoms with Gasteiger partial charge in [0.1, 0.15) is 0 Å². The van der Waals surface area contributed by atoms with Crippen LogP contribution in [0.25, 0.3) is 10.8 Å². The Morgan fingerprint density at radius 3 is 2.45 bits per heavy atom. The summed E-state index contributed by atoms with van der Waals surface area (Å²) in [6.45, 7) is 2.11. The van der Waals surface area contributed by atoms with Gasteiger partial charge in [-0.2, -0.15) is 0 Å². The molecule has 2 nitrogen and oxygen atoms in total. The number of rotatable bonds is 4. The minimum atomic E-state index is -0.458. The maximum absolute atomic E-state index is 10.7. The zero-order chi connectivity index (χ0) is 14.2. The van der Waals surface area contributed by atoms with Crippen LogP contribution < -0.4 is 0 Å². The van der Waals surface area contributed by atoms with Crippen molar-refractivity contribution in [2.24, 2.45) is 0 Å². The molecule has 20 heavy (non-hydrogen) atoms. The molecule has 0 saturated heterocycles. The highest BCUT2D eigenvalue weighted by molar-refractivity contribution is 5.88. The predicted molar refractivity (Wildman–Crippen MR) is 81.9 cm³/mol. The van der Waals surface area contributed by atoms with Crippen molar-refractivity contribution in [2.45, 2.75) is 44.3 Å². The minimum absolute atomic E-state index is 0.106. The molecule has 2 aromatic carbocycles. The lowest BCUT2D eigenvalue weighted by Gasteiger charge is -2.42. The number of aliphatic hydroxyl groups is 1. The predicted octanol–water partition coefficient (Wildman–Crippen LogP) is 4.14. The molecule has 1 aliphatic carbocycles. The first kappa shape index (κ1) is 13.6. The summed E-state index contributed by atoms with van der Waals surface area (Å²) in [7, 11) is 1.76. The first-order chi connectivity index (χ1) is 9.65. The third kappa shape index (κ3) is 2.23. The summed E-state index contributed by atoms with van der Waals surface area (Å²) in [5, 5.41) is 13.0. The van der Waals surface area contributed by atoms with Crippen molar-refractivity contribution in [1.82, 2.24) is 0 Å². The van der Waals surface area contributed by atoms with E-state index in [0.29, 0.717) is 6.42 Å². The Labute approximate surface area is 120 Å². The molecule has 1 unspecified atom stereocenters. The van der Waals surface area contributed by atoms with Gasteiger partial charge in [-0.3, -0.25) is 0 Å². The van der Waals surface area contributed by atoms with Gasteiger partial charge in [0.25, 0.3) is 0 Å². The van der Waals surface area contributed by atoms with Gasteiger partial charge in [0.15, 0.2) is 0 Å². The number of hydrogen-bond donors (Lipinski definition) is 1. The Morgan fingerprint density at radius 1 is 1.15 bits per heavy atom. The molecule has 0 amide bonds. The number of benzene rings is 2. The fraction of sp³-hybridized carbons (Fsp3) is 0.444. The summed E-state index contributed by atoms with van der Waals surface area (Å²) >= 11 is 0. The number of aliphatic hydroxyl groups excluding tert-OH is 1. The molecule has 0 radical (unpaired) electrons. The van der Waals surface area contributed by atoms with Crippen LogP contribution in [-0.2, 0) is 4.74 Å². The Hall–Kier alpha value is -1.38. The molecule has 1 N–H and O–H groups in total. The third-order valence-electron chi connectivity index (χ3n) is 4.80. The van der Waals surface area contributed by atoms with Crippen molar-refractivity contribution in [3.05, 3.63) is 47.5 Å². The maximum atomic E-state index is 10.7. The van der Waals surface area contributed by atoms with E-state index in [0.717, 1.165) is 23.8 Å². The largest absolute Gasteiger partial charge is 0.388 e. The van der Waals surface area contributed by atoms with Gasteiger partial charge in [0.05, 0.1) is 11.7 Å². The molecular formula is C18H22O2. The highest BCUT2D eigenvalue weighted by Gasteiger charge is 2.39. The number of ether oxygens (including phenoxy) is 1. The van der Waals surface area contributed by atoms with Crippen LogP contribution in [-0.4, -0.2) is 17.8 Å². The second-order valence-electron chi connectivity index (χ2n) is 5.98. The smallest absolute Gasteiger partial charge is 0.0823 e. The summed E-state index contributed by atoms with van der Waals surface area (Å²) in [5.74, 6) is 0. The Kier molecular flexibility index (Phi) is 3.53. The van der Waals surface area contributed by atoms with E-state index in [1.165, 1.54) is 17.4 Å². The third-order valence-corrected chi connectivity index (χ3v) is 4.80. The van der Waals surface area contributed by atoms with Gasteiger partial charge < -0.3 is 9.84 Å². The van der Waals surface area contributed by atoms with E-state index in [1.54, 1.807) is 7.11 Å². The fourth-order valence-electron chi connectivity index (χ4n) is 3.29. The summed E-state index contributed by atoms with van der Waals surface area (Å²) in [4.78, 5) is 0. The molecule has 1 atom stereocenters. The highest BCUT2D eigenvalue weighted by atomic mass is 16.5. The minimum Gasteiger partial charge on any atom is -0.388 e. The van der Waals surface area contributed by atoms with Crippen LogP contribution in [0.2, 0.25) is 0 Å². The second-order valence-corrected chi connectivity index (χ2v) is 5.98. The quantitative estimate of drug-likeness (QED) is 0.904. The van der Waals surface area contributed by atoms with Crippen LogP contribution >= 0.6 is 0 Å². The summed E-state index contributed by atoms with van der Waals surface area (Å²) < 4.78 is 5.64. The van der Waals surface area contributed by atoms with E-state index in [4.69, 9.17) is 4.74 Å². The SMILES string of the molecule is COC1(CC(O)c2ccc(C)c3ccccc23)CCC1. The number of methoxy groups -OCH3 is 1. The first-order valence-corrected chi connectivity index (χ1v) is 7.37.